The Morgan fingerprint density at radius 3 is 2.67 bits per heavy atom. The van der Waals surface area contributed by atoms with Crippen LogP contribution in [0.3, 0.4) is 0 Å². The van der Waals surface area contributed by atoms with Gasteiger partial charge in [0.1, 0.15) is 12.4 Å². The van der Waals surface area contributed by atoms with Gasteiger partial charge in [-0.25, -0.2) is 4.79 Å². The molecule has 0 spiro atoms. The third-order valence-electron chi connectivity index (χ3n) is 3.30. The molecule has 2 N–H and O–H groups in total. The quantitative estimate of drug-likeness (QED) is 0.692. The van der Waals surface area contributed by atoms with Crippen molar-refractivity contribution in [2.45, 2.75) is 20.5 Å². The van der Waals surface area contributed by atoms with Crippen molar-refractivity contribution in [3.8, 4) is 5.75 Å². The minimum absolute atomic E-state index is 0.264. The van der Waals surface area contributed by atoms with Gasteiger partial charge in [-0.05, 0) is 37.1 Å². The summed E-state index contributed by atoms with van der Waals surface area (Å²) in [5.41, 5.74) is 9.50. The fourth-order valence-corrected chi connectivity index (χ4v) is 2.11. The molecule has 4 nitrogen and oxygen atoms in total. The van der Waals surface area contributed by atoms with Crippen molar-refractivity contribution in [1.82, 2.24) is 0 Å². The Hall–Kier alpha value is -2.49. The predicted molar refractivity (Wildman–Crippen MR) is 82.4 cm³/mol. The molecular weight excluding hydrogens is 266 g/mol. The fraction of sp³-hybridized carbons (Fsp3) is 0.235. The first-order valence-corrected chi connectivity index (χ1v) is 6.68. The summed E-state index contributed by atoms with van der Waals surface area (Å²) in [6, 6.07) is 11.3. The zero-order valence-corrected chi connectivity index (χ0v) is 12.5. The van der Waals surface area contributed by atoms with Gasteiger partial charge in [0.15, 0.2) is 0 Å². The number of benzene rings is 2. The minimum atomic E-state index is -0.451. The van der Waals surface area contributed by atoms with Gasteiger partial charge in [-0.2, -0.15) is 0 Å². The summed E-state index contributed by atoms with van der Waals surface area (Å²) in [6.07, 6.45) is 0. The molecule has 0 heterocycles. The Labute approximate surface area is 124 Å². The minimum Gasteiger partial charge on any atom is -0.489 e. The summed E-state index contributed by atoms with van der Waals surface area (Å²) in [5, 5.41) is 0. The van der Waals surface area contributed by atoms with E-state index in [1.54, 1.807) is 12.1 Å². The summed E-state index contributed by atoms with van der Waals surface area (Å²) in [4.78, 5) is 11.8. The van der Waals surface area contributed by atoms with E-state index in [0.29, 0.717) is 16.8 Å². The SMILES string of the molecule is COC(=O)c1c(N)cccc1COc1cc(C)ccc1C. The van der Waals surface area contributed by atoms with E-state index in [1.165, 1.54) is 7.11 Å². The number of aryl methyl sites for hydroxylation is 2. The van der Waals surface area contributed by atoms with Gasteiger partial charge in [0.05, 0.1) is 12.7 Å². The van der Waals surface area contributed by atoms with Gasteiger partial charge in [0, 0.05) is 11.3 Å². The highest BCUT2D eigenvalue weighted by Gasteiger charge is 2.16. The number of carbonyl (C=O) groups is 1. The van der Waals surface area contributed by atoms with Crippen molar-refractivity contribution in [2.24, 2.45) is 0 Å². The molecule has 0 fully saturated rings. The van der Waals surface area contributed by atoms with E-state index in [0.717, 1.165) is 16.9 Å². The number of ether oxygens (including phenoxy) is 2. The lowest BCUT2D eigenvalue weighted by Gasteiger charge is -2.13. The van der Waals surface area contributed by atoms with Crippen LogP contribution in [0.2, 0.25) is 0 Å². The molecule has 0 unspecified atom stereocenters. The molecule has 0 aromatic heterocycles. The number of hydrogen-bond donors (Lipinski definition) is 1. The summed E-state index contributed by atoms with van der Waals surface area (Å²) in [7, 11) is 1.34. The van der Waals surface area contributed by atoms with Gasteiger partial charge in [0.2, 0.25) is 0 Å². The molecule has 0 saturated heterocycles. The van der Waals surface area contributed by atoms with Crippen LogP contribution in [0.15, 0.2) is 36.4 Å². The van der Waals surface area contributed by atoms with Gasteiger partial charge in [0.25, 0.3) is 0 Å². The van der Waals surface area contributed by atoms with Crippen molar-refractivity contribution in [3.05, 3.63) is 58.7 Å². The molecule has 2 aromatic carbocycles. The number of methoxy groups -OCH3 is 1. The number of nitrogens with two attached hydrogens (primary N) is 1. The van der Waals surface area contributed by atoms with Gasteiger partial charge >= 0.3 is 5.97 Å². The van der Waals surface area contributed by atoms with Gasteiger partial charge < -0.3 is 15.2 Å². The van der Waals surface area contributed by atoms with E-state index < -0.39 is 5.97 Å². The summed E-state index contributed by atoms with van der Waals surface area (Å²) in [6.45, 7) is 4.25. The summed E-state index contributed by atoms with van der Waals surface area (Å²) in [5.74, 6) is 0.348. The molecule has 0 aliphatic rings. The second-order valence-electron chi connectivity index (χ2n) is 4.93. The molecule has 110 valence electrons. The Morgan fingerprint density at radius 2 is 1.95 bits per heavy atom. The zero-order valence-electron chi connectivity index (χ0n) is 12.5. The predicted octanol–water partition coefficient (Wildman–Crippen LogP) is 3.25. The monoisotopic (exact) mass is 285 g/mol. The van der Waals surface area contributed by atoms with E-state index in [9.17, 15) is 4.79 Å². The molecule has 2 aromatic rings. The van der Waals surface area contributed by atoms with Crippen molar-refractivity contribution in [1.29, 1.82) is 0 Å². The van der Waals surface area contributed by atoms with E-state index in [-0.39, 0.29) is 6.61 Å². The number of esters is 1. The Bertz CT molecular complexity index is 665. The molecular formula is C17H19NO3. The second-order valence-corrected chi connectivity index (χ2v) is 4.93. The van der Waals surface area contributed by atoms with Crippen LogP contribution in [0, 0.1) is 13.8 Å². The van der Waals surface area contributed by atoms with E-state index in [1.807, 2.05) is 38.1 Å². The lowest BCUT2D eigenvalue weighted by molar-refractivity contribution is 0.0599. The maximum Gasteiger partial charge on any atom is 0.340 e. The molecule has 0 amide bonds. The first kappa shape index (κ1) is 14.9. The van der Waals surface area contributed by atoms with Crippen LogP contribution >= 0.6 is 0 Å². The van der Waals surface area contributed by atoms with E-state index in [4.69, 9.17) is 15.2 Å². The molecule has 0 atom stereocenters. The summed E-state index contributed by atoms with van der Waals surface area (Å²) < 4.78 is 10.6. The highest BCUT2D eigenvalue weighted by molar-refractivity contribution is 5.96. The lowest BCUT2D eigenvalue weighted by atomic mass is 10.1. The molecule has 0 radical (unpaired) electrons. The molecule has 0 aliphatic heterocycles. The zero-order chi connectivity index (χ0) is 15.4. The molecule has 0 saturated carbocycles. The number of rotatable bonds is 4. The normalized spacial score (nSPS) is 10.2. The number of anilines is 1. The number of nitrogen functional groups attached to an aromatic ring is 1. The summed E-state index contributed by atoms with van der Waals surface area (Å²) >= 11 is 0. The van der Waals surface area contributed by atoms with Gasteiger partial charge in [-0.15, -0.1) is 0 Å². The van der Waals surface area contributed by atoms with Crippen LogP contribution in [-0.2, 0) is 11.3 Å². The third kappa shape index (κ3) is 3.34. The first-order chi connectivity index (χ1) is 10.0. The molecule has 21 heavy (non-hydrogen) atoms. The molecule has 0 bridgehead atoms. The van der Waals surface area contributed by atoms with Crippen LogP contribution in [-0.4, -0.2) is 13.1 Å². The average molecular weight is 285 g/mol. The second kappa shape index (κ2) is 6.31. The van der Waals surface area contributed by atoms with Crippen molar-refractivity contribution < 1.29 is 14.3 Å². The molecule has 2 rings (SSSR count). The highest BCUT2D eigenvalue weighted by Crippen LogP contribution is 2.23. The van der Waals surface area contributed by atoms with Crippen LogP contribution < -0.4 is 10.5 Å². The van der Waals surface area contributed by atoms with E-state index >= 15 is 0 Å². The number of carbonyl (C=O) groups excluding carboxylic acids is 1. The van der Waals surface area contributed by atoms with Crippen LogP contribution in [0.1, 0.15) is 27.0 Å². The Kier molecular flexibility index (Phi) is 4.48. The Balaban J connectivity index is 2.26. The topological polar surface area (TPSA) is 61.5 Å². The van der Waals surface area contributed by atoms with Crippen molar-refractivity contribution in [3.63, 3.8) is 0 Å². The largest absolute Gasteiger partial charge is 0.489 e. The molecule has 4 heteroatoms. The van der Waals surface area contributed by atoms with Gasteiger partial charge in [-0.1, -0.05) is 24.3 Å². The average Bonchev–Trinajstić information content (AvgIpc) is 2.47. The lowest BCUT2D eigenvalue weighted by Crippen LogP contribution is -2.11. The standard InChI is InChI=1S/C17H19NO3/c1-11-7-8-12(2)15(9-11)21-10-13-5-4-6-14(18)16(13)17(19)20-3/h4-9H,10,18H2,1-3H3. The first-order valence-electron chi connectivity index (χ1n) is 6.68. The van der Waals surface area contributed by atoms with Crippen molar-refractivity contribution >= 4 is 11.7 Å². The van der Waals surface area contributed by atoms with Crippen LogP contribution in [0.25, 0.3) is 0 Å². The van der Waals surface area contributed by atoms with Gasteiger partial charge in [-0.3, -0.25) is 0 Å². The maximum atomic E-state index is 11.8. The number of hydrogen-bond acceptors (Lipinski definition) is 4. The highest BCUT2D eigenvalue weighted by atomic mass is 16.5. The van der Waals surface area contributed by atoms with Crippen LogP contribution in [0.5, 0.6) is 5.75 Å². The fourth-order valence-electron chi connectivity index (χ4n) is 2.11. The third-order valence-corrected chi connectivity index (χ3v) is 3.30. The van der Waals surface area contributed by atoms with Crippen LogP contribution in [0.4, 0.5) is 5.69 Å². The Morgan fingerprint density at radius 1 is 1.19 bits per heavy atom. The molecule has 0 aliphatic carbocycles. The maximum absolute atomic E-state index is 11.8. The van der Waals surface area contributed by atoms with Crippen molar-refractivity contribution in [2.75, 3.05) is 12.8 Å². The van der Waals surface area contributed by atoms with E-state index in [2.05, 4.69) is 0 Å². The smallest absolute Gasteiger partial charge is 0.340 e.